The molecule has 6 aromatic rings. The van der Waals surface area contributed by atoms with Crippen molar-refractivity contribution in [3.63, 3.8) is 0 Å². The first kappa shape index (κ1) is 16.8. The summed E-state index contributed by atoms with van der Waals surface area (Å²) in [5, 5.41) is 7.18. The quantitative estimate of drug-likeness (QED) is 0.353. The summed E-state index contributed by atoms with van der Waals surface area (Å²) in [6, 6.07) is 37.8. The summed E-state index contributed by atoms with van der Waals surface area (Å²) in [6.07, 6.45) is 0. The lowest BCUT2D eigenvalue weighted by Crippen LogP contribution is -1.99. The van der Waals surface area contributed by atoms with Crippen molar-refractivity contribution in [2.24, 2.45) is 0 Å². The summed E-state index contributed by atoms with van der Waals surface area (Å²) < 4.78 is 2.33. The highest BCUT2D eigenvalue weighted by molar-refractivity contribution is 6.13. The van der Waals surface area contributed by atoms with Crippen LogP contribution in [0.4, 0.5) is 11.5 Å². The smallest absolute Gasteiger partial charge is 0.131 e. The second-order valence-corrected chi connectivity index (χ2v) is 7.40. The highest BCUT2D eigenvalue weighted by atomic mass is 15.0. The molecule has 0 saturated heterocycles. The minimum Gasteiger partial charge on any atom is -0.338 e. The van der Waals surface area contributed by atoms with E-state index in [-0.39, 0.29) is 0 Å². The number of benzene rings is 4. The summed E-state index contributed by atoms with van der Waals surface area (Å²) in [5.41, 5.74) is 5.51. The highest BCUT2D eigenvalue weighted by Crippen LogP contribution is 2.37. The first-order valence-corrected chi connectivity index (χ1v) is 10.1. The number of para-hydroxylation sites is 4. The van der Waals surface area contributed by atoms with Crippen molar-refractivity contribution in [2.45, 2.75) is 0 Å². The average Bonchev–Trinajstić information content (AvgIpc) is 3.15. The highest BCUT2D eigenvalue weighted by Gasteiger charge is 2.15. The van der Waals surface area contributed by atoms with Crippen molar-refractivity contribution in [1.82, 2.24) is 9.55 Å². The Labute approximate surface area is 174 Å². The van der Waals surface area contributed by atoms with Gasteiger partial charge in [-0.2, -0.15) is 0 Å². The van der Waals surface area contributed by atoms with E-state index in [2.05, 4.69) is 94.8 Å². The molecule has 0 bridgehead atoms. The lowest BCUT2D eigenvalue weighted by atomic mass is 10.1. The minimum absolute atomic E-state index is 0.839. The van der Waals surface area contributed by atoms with Crippen LogP contribution in [-0.2, 0) is 0 Å². The summed E-state index contributed by atoms with van der Waals surface area (Å²) in [4.78, 5) is 4.81. The maximum Gasteiger partial charge on any atom is 0.131 e. The van der Waals surface area contributed by atoms with Gasteiger partial charge in [-0.25, -0.2) is 4.98 Å². The number of fused-ring (bicyclic) bond motifs is 4. The molecule has 6 rings (SSSR count). The second kappa shape index (κ2) is 6.75. The van der Waals surface area contributed by atoms with Crippen LogP contribution in [0.25, 0.3) is 38.4 Å². The van der Waals surface area contributed by atoms with Gasteiger partial charge in [0, 0.05) is 21.8 Å². The maximum atomic E-state index is 4.81. The first-order valence-electron chi connectivity index (χ1n) is 10.1. The normalized spacial score (nSPS) is 11.3. The predicted octanol–water partition coefficient (Wildman–Crippen LogP) is 7.08. The van der Waals surface area contributed by atoms with Crippen molar-refractivity contribution < 1.29 is 0 Å². The van der Waals surface area contributed by atoms with Crippen molar-refractivity contribution in [3.05, 3.63) is 109 Å². The summed E-state index contributed by atoms with van der Waals surface area (Å²) in [5.74, 6) is 0.839. The van der Waals surface area contributed by atoms with Crippen LogP contribution in [0, 0.1) is 0 Å². The molecule has 0 aliphatic heterocycles. The zero-order valence-corrected chi connectivity index (χ0v) is 16.3. The molecule has 1 N–H and O–H groups in total. The zero-order chi connectivity index (χ0) is 19.9. The van der Waals surface area contributed by atoms with Gasteiger partial charge in [0.15, 0.2) is 0 Å². The summed E-state index contributed by atoms with van der Waals surface area (Å²) in [6.45, 7) is 0. The van der Waals surface area contributed by atoms with Gasteiger partial charge in [0.1, 0.15) is 5.82 Å². The molecule has 4 aromatic carbocycles. The molecule has 0 saturated carbocycles. The molecule has 2 aromatic heterocycles. The monoisotopic (exact) mass is 385 g/mol. The lowest BCUT2D eigenvalue weighted by molar-refractivity contribution is 1.18. The average molecular weight is 385 g/mol. The molecule has 0 fully saturated rings. The molecule has 0 atom stereocenters. The van der Waals surface area contributed by atoms with Crippen molar-refractivity contribution in [2.75, 3.05) is 5.32 Å². The lowest BCUT2D eigenvalue weighted by Gasteiger charge is -2.13. The molecular formula is C27H19N3. The fourth-order valence-corrected chi connectivity index (χ4v) is 4.24. The van der Waals surface area contributed by atoms with E-state index in [4.69, 9.17) is 4.98 Å². The van der Waals surface area contributed by atoms with Crippen LogP contribution >= 0.6 is 0 Å². The Bertz CT molecular complexity index is 1510. The Morgan fingerprint density at radius 1 is 0.600 bits per heavy atom. The number of aromatic nitrogens is 2. The SMILES string of the molecule is c1ccc(-n2c3ccccc3c3cccc(Nc4ccc5ccccc5n4)c32)cc1. The molecular weight excluding hydrogens is 366 g/mol. The Balaban J connectivity index is 1.61. The van der Waals surface area contributed by atoms with Crippen LogP contribution in [0.15, 0.2) is 109 Å². The van der Waals surface area contributed by atoms with Crippen LogP contribution in [0.3, 0.4) is 0 Å². The van der Waals surface area contributed by atoms with Gasteiger partial charge < -0.3 is 9.88 Å². The molecule has 0 amide bonds. The number of hydrogen-bond donors (Lipinski definition) is 1. The van der Waals surface area contributed by atoms with Crippen LogP contribution in [0.1, 0.15) is 0 Å². The Hall–Kier alpha value is -4.11. The van der Waals surface area contributed by atoms with Gasteiger partial charge in [0.25, 0.3) is 0 Å². The van der Waals surface area contributed by atoms with Crippen LogP contribution in [0.5, 0.6) is 0 Å². The van der Waals surface area contributed by atoms with Crippen LogP contribution in [0.2, 0.25) is 0 Å². The molecule has 2 heterocycles. The van der Waals surface area contributed by atoms with E-state index in [0.717, 1.165) is 33.6 Å². The molecule has 0 aliphatic rings. The first-order chi connectivity index (χ1) is 14.9. The number of hydrogen-bond acceptors (Lipinski definition) is 2. The second-order valence-electron chi connectivity index (χ2n) is 7.40. The Morgan fingerprint density at radius 2 is 1.37 bits per heavy atom. The topological polar surface area (TPSA) is 29.9 Å². The van der Waals surface area contributed by atoms with E-state index in [1.807, 2.05) is 24.3 Å². The van der Waals surface area contributed by atoms with Gasteiger partial charge in [-0.15, -0.1) is 0 Å². The molecule has 3 heteroatoms. The number of anilines is 2. The van der Waals surface area contributed by atoms with Crippen molar-refractivity contribution >= 4 is 44.2 Å². The molecule has 0 spiro atoms. The Morgan fingerprint density at radius 3 is 2.30 bits per heavy atom. The maximum absolute atomic E-state index is 4.81. The molecule has 0 aliphatic carbocycles. The fourth-order valence-electron chi connectivity index (χ4n) is 4.24. The molecule has 3 nitrogen and oxygen atoms in total. The molecule has 0 unspecified atom stereocenters. The Kier molecular flexibility index (Phi) is 3.78. The van der Waals surface area contributed by atoms with E-state index in [0.29, 0.717) is 0 Å². The van der Waals surface area contributed by atoms with E-state index in [1.54, 1.807) is 0 Å². The van der Waals surface area contributed by atoms with Crippen LogP contribution in [-0.4, -0.2) is 9.55 Å². The van der Waals surface area contributed by atoms with Gasteiger partial charge in [-0.3, -0.25) is 0 Å². The standard InChI is InChI=1S/C27H19N3/c1-2-10-20(11-3-1)30-25-16-7-5-12-21(25)22-13-8-15-24(27(22)30)29-26-18-17-19-9-4-6-14-23(19)28-26/h1-18H,(H,28,29). The van der Waals surface area contributed by atoms with Crippen molar-refractivity contribution in [3.8, 4) is 5.69 Å². The summed E-state index contributed by atoms with van der Waals surface area (Å²) in [7, 11) is 0. The van der Waals surface area contributed by atoms with Crippen LogP contribution < -0.4 is 5.32 Å². The molecule has 30 heavy (non-hydrogen) atoms. The summed E-state index contributed by atoms with van der Waals surface area (Å²) >= 11 is 0. The number of nitrogens with one attached hydrogen (secondary N) is 1. The van der Waals surface area contributed by atoms with Crippen molar-refractivity contribution in [1.29, 1.82) is 0 Å². The number of rotatable bonds is 3. The van der Waals surface area contributed by atoms with E-state index in [1.165, 1.54) is 16.3 Å². The number of nitrogens with zero attached hydrogens (tertiary/aromatic N) is 2. The van der Waals surface area contributed by atoms with Gasteiger partial charge in [0.05, 0.1) is 22.2 Å². The van der Waals surface area contributed by atoms with Gasteiger partial charge in [-0.05, 0) is 42.5 Å². The third kappa shape index (κ3) is 2.64. The largest absolute Gasteiger partial charge is 0.338 e. The third-order valence-electron chi connectivity index (χ3n) is 5.57. The van der Waals surface area contributed by atoms with E-state index >= 15 is 0 Å². The minimum atomic E-state index is 0.839. The van der Waals surface area contributed by atoms with E-state index in [9.17, 15) is 0 Å². The predicted molar refractivity (Wildman–Crippen MR) is 126 cm³/mol. The number of pyridine rings is 1. The fraction of sp³-hybridized carbons (Fsp3) is 0. The van der Waals surface area contributed by atoms with Gasteiger partial charge in [0.2, 0.25) is 0 Å². The van der Waals surface area contributed by atoms with Gasteiger partial charge >= 0.3 is 0 Å². The molecule has 0 radical (unpaired) electrons. The van der Waals surface area contributed by atoms with Gasteiger partial charge in [-0.1, -0.05) is 66.7 Å². The zero-order valence-electron chi connectivity index (χ0n) is 16.3. The third-order valence-corrected chi connectivity index (χ3v) is 5.57. The molecule has 142 valence electrons. The van der Waals surface area contributed by atoms with E-state index < -0.39 is 0 Å².